The molecule has 1 heterocycles. The van der Waals surface area contributed by atoms with Crippen LogP contribution in [0.3, 0.4) is 0 Å². The highest BCUT2D eigenvalue weighted by Gasteiger charge is 2.26. The van der Waals surface area contributed by atoms with Crippen LogP contribution in [0.2, 0.25) is 0 Å². The summed E-state index contributed by atoms with van der Waals surface area (Å²) in [5.74, 6) is -0.0257. The zero-order valence-corrected chi connectivity index (χ0v) is 14.3. The number of piperidine rings is 1. The lowest BCUT2D eigenvalue weighted by Crippen LogP contribution is -2.50. The van der Waals surface area contributed by atoms with Gasteiger partial charge in [-0.25, -0.2) is 4.79 Å². The van der Waals surface area contributed by atoms with Gasteiger partial charge in [0.25, 0.3) is 5.91 Å². The molecule has 1 fully saturated rings. The minimum Gasteiger partial charge on any atom is -0.349 e. The van der Waals surface area contributed by atoms with E-state index in [-0.39, 0.29) is 18.0 Å². The normalized spacial score (nSPS) is 15.3. The number of nitrogens with one attached hydrogen (secondary N) is 1. The Morgan fingerprint density at radius 1 is 1.22 bits per heavy atom. The molecular formula is C18H27N3O2. The van der Waals surface area contributed by atoms with Gasteiger partial charge >= 0.3 is 6.03 Å². The number of urea groups is 1. The Morgan fingerprint density at radius 2 is 1.87 bits per heavy atom. The van der Waals surface area contributed by atoms with E-state index < -0.39 is 0 Å². The van der Waals surface area contributed by atoms with Crippen molar-refractivity contribution in [3.05, 3.63) is 35.4 Å². The molecule has 23 heavy (non-hydrogen) atoms. The molecule has 5 nitrogen and oxygen atoms in total. The van der Waals surface area contributed by atoms with Gasteiger partial charge < -0.3 is 15.1 Å². The highest BCUT2D eigenvalue weighted by molar-refractivity contribution is 5.94. The van der Waals surface area contributed by atoms with E-state index in [0.717, 1.165) is 31.5 Å². The zero-order valence-electron chi connectivity index (χ0n) is 14.3. The number of nitrogens with zero attached hydrogens (tertiary/aromatic N) is 2. The van der Waals surface area contributed by atoms with E-state index >= 15 is 0 Å². The second-order valence-corrected chi connectivity index (χ2v) is 6.06. The molecule has 0 bridgehead atoms. The first kappa shape index (κ1) is 17.3. The molecule has 0 spiro atoms. The second-order valence-electron chi connectivity index (χ2n) is 6.06. The Hall–Kier alpha value is -2.04. The molecule has 1 aliphatic heterocycles. The lowest BCUT2D eigenvalue weighted by molar-refractivity contribution is 0.0911. The van der Waals surface area contributed by atoms with Gasteiger partial charge in [-0.05, 0) is 45.7 Å². The summed E-state index contributed by atoms with van der Waals surface area (Å²) in [4.78, 5) is 28.3. The summed E-state index contributed by atoms with van der Waals surface area (Å²) in [5, 5.41) is 3.09. The van der Waals surface area contributed by atoms with Crippen LogP contribution in [0.15, 0.2) is 24.3 Å². The predicted octanol–water partition coefficient (Wildman–Crippen LogP) is 2.65. The first-order valence-electron chi connectivity index (χ1n) is 8.46. The first-order chi connectivity index (χ1) is 11.0. The van der Waals surface area contributed by atoms with Gasteiger partial charge in [-0.2, -0.15) is 0 Å². The van der Waals surface area contributed by atoms with Crippen LogP contribution in [0.5, 0.6) is 0 Å². The van der Waals surface area contributed by atoms with Crippen LogP contribution >= 0.6 is 0 Å². The van der Waals surface area contributed by atoms with Gasteiger partial charge in [0.15, 0.2) is 0 Å². The van der Waals surface area contributed by atoms with E-state index in [1.54, 1.807) is 0 Å². The van der Waals surface area contributed by atoms with Crippen molar-refractivity contribution in [2.45, 2.75) is 39.7 Å². The summed E-state index contributed by atoms with van der Waals surface area (Å²) < 4.78 is 0. The molecule has 1 N–H and O–H groups in total. The van der Waals surface area contributed by atoms with Crippen molar-refractivity contribution >= 4 is 11.9 Å². The van der Waals surface area contributed by atoms with Crippen LogP contribution in [0, 0.1) is 6.92 Å². The van der Waals surface area contributed by atoms with E-state index in [4.69, 9.17) is 0 Å². The highest BCUT2D eigenvalue weighted by Crippen LogP contribution is 2.14. The number of hydrogen-bond acceptors (Lipinski definition) is 2. The maximum atomic E-state index is 12.3. The minimum absolute atomic E-state index is 0.0257. The van der Waals surface area contributed by atoms with Gasteiger partial charge in [0.1, 0.15) is 0 Å². The van der Waals surface area contributed by atoms with Gasteiger partial charge in [-0.15, -0.1) is 0 Å². The standard InChI is InChI=1S/C18H27N3O2/c1-4-20(5-2)18(23)21-11-9-16(10-12-21)19-17(22)15-8-6-7-14(3)13-15/h6-8,13,16H,4-5,9-12H2,1-3H3,(H,19,22). The number of aryl methyl sites for hydroxylation is 1. The fourth-order valence-corrected chi connectivity index (χ4v) is 2.96. The highest BCUT2D eigenvalue weighted by atomic mass is 16.2. The molecule has 1 aromatic carbocycles. The van der Waals surface area contributed by atoms with E-state index in [9.17, 15) is 9.59 Å². The van der Waals surface area contributed by atoms with Crippen LogP contribution in [0.4, 0.5) is 4.79 Å². The third kappa shape index (κ3) is 4.47. The Balaban J connectivity index is 1.85. The second kappa shape index (κ2) is 7.99. The number of hydrogen-bond donors (Lipinski definition) is 1. The molecule has 3 amide bonds. The molecule has 1 aliphatic rings. The topological polar surface area (TPSA) is 52.7 Å². The number of carbonyl (C=O) groups excluding carboxylic acids is 2. The van der Waals surface area contributed by atoms with Crippen LogP contribution in [0.25, 0.3) is 0 Å². The number of carbonyl (C=O) groups is 2. The van der Waals surface area contributed by atoms with E-state index in [0.29, 0.717) is 18.7 Å². The number of amides is 3. The molecule has 0 aromatic heterocycles. The average molecular weight is 317 g/mol. The van der Waals surface area contributed by atoms with Gasteiger partial charge in [-0.1, -0.05) is 17.7 Å². The quantitative estimate of drug-likeness (QED) is 0.928. The zero-order chi connectivity index (χ0) is 16.8. The van der Waals surface area contributed by atoms with E-state index in [2.05, 4.69) is 5.32 Å². The molecule has 0 unspecified atom stereocenters. The van der Waals surface area contributed by atoms with Crippen LogP contribution < -0.4 is 5.32 Å². The van der Waals surface area contributed by atoms with Crippen LogP contribution in [-0.2, 0) is 0 Å². The number of rotatable bonds is 4. The van der Waals surface area contributed by atoms with Gasteiger partial charge in [0.05, 0.1) is 0 Å². The molecule has 0 radical (unpaired) electrons. The van der Waals surface area contributed by atoms with Crippen molar-refractivity contribution < 1.29 is 9.59 Å². The van der Waals surface area contributed by atoms with Crippen molar-refractivity contribution in [2.75, 3.05) is 26.2 Å². The third-order valence-corrected chi connectivity index (χ3v) is 4.41. The largest absolute Gasteiger partial charge is 0.349 e. The van der Waals surface area contributed by atoms with Crippen molar-refractivity contribution in [1.82, 2.24) is 15.1 Å². The fourth-order valence-electron chi connectivity index (χ4n) is 2.96. The Morgan fingerprint density at radius 3 is 2.43 bits per heavy atom. The SMILES string of the molecule is CCN(CC)C(=O)N1CCC(NC(=O)c2cccc(C)c2)CC1. The monoisotopic (exact) mass is 317 g/mol. The first-order valence-corrected chi connectivity index (χ1v) is 8.46. The number of benzene rings is 1. The maximum Gasteiger partial charge on any atom is 0.319 e. The molecule has 0 atom stereocenters. The molecule has 0 saturated carbocycles. The van der Waals surface area contributed by atoms with Crippen LogP contribution in [-0.4, -0.2) is 54.0 Å². The molecule has 126 valence electrons. The molecule has 0 aliphatic carbocycles. The van der Waals surface area contributed by atoms with Crippen LogP contribution in [0.1, 0.15) is 42.6 Å². The molecular weight excluding hydrogens is 290 g/mol. The third-order valence-electron chi connectivity index (χ3n) is 4.41. The Bertz CT molecular complexity index is 547. The van der Waals surface area contributed by atoms with Crippen molar-refractivity contribution in [3.8, 4) is 0 Å². The van der Waals surface area contributed by atoms with Crippen molar-refractivity contribution in [2.24, 2.45) is 0 Å². The van der Waals surface area contributed by atoms with E-state index in [1.807, 2.05) is 54.8 Å². The summed E-state index contributed by atoms with van der Waals surface area (Å²) in [6.07, 6.45) is 1.62. The predicted molar refractivity (Wildman–Crippen MR) is 91.6 cm³/mol. The lowest BCUT2D eigenvalue weighted by atomic mass is 10.0. The fraction of sp³-hybridized carbons (Fsp3) is 0.556. The van der Waals surface area contributed by atoms with Gasteiger partial charge in [0, 0.05) is 37.8 Å². The summed E-state index contributed by atoms with van der Waals surface area (Å²) in [7, 11) is 0. The van der Waals surface area contributed by atoms with E-state index in [1.165, 1.54) is 0 Å². The van der Waals surface area contributed by atoms with Crippen molar-refractivity contribution in [1.29, 1.82) is 0 Å². The summed E-state index contributed by atoms with van der Waals surface area (Å²) >= 11 is 0. The minimum atomic E-state index is -0.0257. The average Bonchev–Trinajstić information content (AvgIpc) is 2.56. The van der Waals surface area contributed by atoms with Crippen molar-refractivity contribution in [3.63, 3.8) is 0 Å². The summed E-state index contributed by atoms with van der Waals surface area (Å²) in [6.45, 7) is 8.85. The summed E-state index contributed by atoms with van der Waals surface area (Å²) in [6, 6.07) is 7.86. The smallest absolute Gasteiger partial charge is 0.319 e. The van der Waals surface area contributed by atoms with Gasteiger partial charge in [0.2, 0.25) is 0 Å². The molecule has 5 heteroatoms. The Labute approximate surface area is 138 Å². The lowest BCUT2D eigenvalue weighted by Gasteiger charge is -2.35. The van der Waals surface area contributed by atoms with Gasteiger partial charge in [-0.3, -0.25) is 4.79 Å². The Kier molecular flexibility index (Phi) is 6.02. The molecule has 1 aromatic rings. The molecule has 1 saturated heterocycles. The summed E-state index contributed by atoms with van der Waals surface area (Å²) in [5.41, 5.74) is 1.78. The number of likely N-dealkylation sites (tertiary alicyclic amines) is 1. The molecule has 2 rings (SSSR count). The maximum absolute atomic E-state index is 12.3.